The summed E-state index contributed by atoms with van der Waals surface area (Å²) in [6.07, 6.45) is 0.931. The van der Waals surface area contributed by atoms with Crippen molar-refractivity contribution in [3.05, 3.63) is 64.2 Å². The van der Waals surface area contributed by atoms with Gasteiger partial charge in [0.05, 0.1) is 4.92 Å². The molecule has 2 aromatic carbocycles. The molecular formula is C15H15N3O3. The maximum absolute atomic E-state index is 11.8. The van der Waals surface area contributed by atoms with Gasteiger partial charge in [-0.2, -0.15) is 0 Å². The molecule has 0 bridgehead atoms. The van der Waals surface area contributed by atoms with E-state index in [0.29, 0.717) is 11.4 Å². The van der Waals surface area contributed by atoms with Crippen molar-refractivity contribution in [2.75, 3.05) is 10.6 Å². The number of amides is 2. The zero-order chi connectivity index (χ0) is 15.2. The van der Waals surface area contributed by atoms with Gasteiger partial charge in [-0.05, 0) is 30.2 Å². The molecule has 0 aliphatic rings. The summed E-state index contributed by atoms with van der Waals surface area (Å²) in [7, 11) is 0. The fraction of sp³-hybridized carbons (Fsp3) is 0.133. The third-order valence-electron chi connectivity index (χ3n) is 2.93. The maximum atomic E-state index is 11.8. The molecule has 0 aliphatic heterocycles. The Hall–Kier alpha value is -2.89. The Labute approximate surface area is 121 Å². The summed E-state index contributed by atoms with van der Waals surface area (Å²) in [4.78, 5) is 22.0. The molecule has 2 amide bonds. The van der Waals surface area contributed by atoms with E-state index in [1.54, 1.807) is 6.07 Å². The van der Waals surface area contributed by atoms with Gasteiger partial charge in [0, 0.05) is 23.5 Å². The largest absolute Gasteiger partial charge is 0.323 e. The molecule has 0 unspecified atom stereocenters. The van der Waals surface area contributed by atoms with Crippen LogP contribution in [0.2, 0.25) is 0 Å². The number of nitro groups is 1. The van der Waals surface area contributed by atoms with Crippen LogP contribution in [-0.2, 0) is 6.42 Å². The Morgan fingerprint density at radius 2 is 1.76 bits per heavy atom. The topological polar surface area (TPSA) is 84.3 Å². The summed E-state index contributed by atoms with van der Waals surface area (Å²) in [6.45, 7) is 2.05. The smallest absolute Gasteiger partial charge is 0.308 e. The highest BCUT2D eigenvalue weighted by molar-refractivity contribution is 5.99. The number of nitro benzene ring substituents is 1. The second-order valence-corrected chi connectivity index (χ2v) is 4.44. The number of nitrogens with zero attached hydrogens (tertiary/aromatic N) is 1. The molecule has 0 heterocycles. The molecule has 0 radical (unpaired) electrons. The van der Waals surface area contributed by atoms with Crippen LogP contribution < -0.4 is 10.6 Å². The number of hydrogen-bond acceptors (Lipinski definition) is 3. The Bertz CT molecular complexity index is 653. The highest BCUT2D eigenvalue weighted by Gasteiger charge is 2.08. The van der Waals surface area contributed by atoms with Gasteiger partial charge in [0.15, 0.2) is 0 Å². The first-order valence-electron chi connectivity index (χ1n) is 6.50. The van der Waals surface area contributed by atoms with Gasteiger partial charge in [0.1, 0.15) is 0 Å². The minimum absolute atomic E-state index is 0.0694. The average Bonchev–Trinajstić information content (AvgIpc) is 2.48. The van der Waals surface area contributed by atoms with E-state index in [9.17, 15) is 14.9 Å². The molecule has 0 atom stereocenters. The number of benzene rings is 2. The Kier molecular flexibility index (Phi) is 4.50. The van der Waals surface area contributed by atoms with Crippen LogP contribution in [0, 0.1) is 10.1 Å². The zero-order valence-corrected chi connectivity index (χ0v) is 11.5. The quantitative estimate of drug-likeness (QED) is 0.662. The van der Waals surface area contributed by atoms with Crippen LogP contribution in [0.25, 0.3) is 0 Å². The predicted octanol–water partition coefficient (Wildman–Crippen LogP) is 3.80. The van der Waals surface area contributed by atoms with Crippen molar-refractivity contribution in [2.45, 2.75) is 13.3 Å². The lowest BCUT2D eigenvalue weighted by Gasteiger charge is -2.08. The molecule has 0 fully saturated rings. The van der Waals surface area contributed by atoms with Crippen molar-refractivity contribution < 1.29 is 9.72 Å². The summed E-state index contributed by atoms with van der Waals surface area (Å²) in [5.41, 5.74) is 2.14. The van der Waals surface area contributed by atoms with E-state index in [0.717, 1.165) is 6.42 Å². The third kappa shape index (κ3) is 4.04. The van der Waals surface area contributed by atoms with Crippen LogP contribution in [-0.4, -0.2) is 11.0 Å². The van der Waals surface area contributed by atoms with Gasteiger partial charge in [0.2, 0.25) is 0 Å². The zero-order valence-electron chi connectivity index (χ0n) is 11.5. The molecule has 6 heteroatoms. The molecular weight excluding hydrogens is 270 g/mol. The first kappa shape index (κ1) is 14.5. The summed E-state index contributed by atoms with van der Waals surface area (Å²) >= 11 is 0. The number of anilines is 2. The number of hydrogen-bond donors (Lipinski definition) is 2. The number of urea groups is 1. The van der Waals surface area contributed by atoms with Gasteiger partial charge >= 0.3 is 6.03 Å². The van der Waals surface area contributed by atoms with Crippen LogP contribution in [0.4, 0.5) is 21.9 Å². The number of carbonyl (C=O) groups is 1. The Balaban J connectivity index is 2.00. The minimum atomic E-state index is -0.507. The van der Waals surface area contributed by atoms with E-state index < -0.39 is 11.0 Å². The van der Waals surface area contributed by atoms with Crippen molar-refractivity contribution in [2.24, 2.45) is 0 Å². The molecule has 0 saturated carbocycles. The van der Waals surface area contributed by atoms with Gasteiger partial charge in [-0.1, -0.05) is 25.1 Å². The van der Waals surface area contributed by atoms with Crippen LogP contribution in [0.1, 0.15) is 12.5 Å². The number of aryl methyl sites for hydroxylation is 1. The SMILES string of the molecule is CCc1ccc(NC(=O)Nc2cccc([N+](=O)[O-])c2)cc1. The minimum Gasteiger partial charge on any atom is -0.308 e. The highest BCUT2D eigenvalue weighted by atomic mass is 16.6. The van der Waals surface area contributed by atoms with Gasteiger partial charge in [-0.3, -0.25) is 10.1 Å². The van der Waals surface area contributed by atoms with Gasteiger partial charge in [-0.15, -0.1) is 0 Å². The predicted molar refractivity (Wildman–Crippen MR) is 81.6 cm³/mol. The first-order valence-corrected chi connectivity index (χ1v) is 6.50. The second-order valence-electron chi connectivity index (χ2n) is 4.44. The van der Waals surface area contributed by atoms with Gasteiger partial charge < -0.3 is 10.6 Å². The number of nitrogens with one attached hydrogen (secondary N) is 2. The second kappa shape index (κ2) is 6.51. The fourth-order valence-corrected chi connectivity index (χ4v) is 1.81. The van der Waals surface area contributed by atoms with E-state index in [1.807, 2.05) is 24.3 Å². The highest BCUT2D eigenvalue weighted by Crippen LogP contribution is 2.17. The number of rotatable bonds is 4. The molecule has 2 aromatic rings. The van der Waals surface area contributed by atoms with Crippen molar-refractivity contribution >= 4 is 23.1 Å². The molecule has 6 nitrogen and oxygen atoms in total. The number of non-ortho nitro benzene ring substituents is 1. The first-order chi connectivity index (χ1) is 10.1. The third-order valence-corrected chi connectivity index (χ3v) is 2.93. The standard InChI is InChI=1S/C15H15N3O3/c1-2-11-6-8-12(9-7-11)16-15(19)17-13-4-3-5-14(10-13)18(20)21/h3-10H,2H2,1H3,(H2,16,17,19). The van der Waals surface area contributed by atoms with E-state index in [2.05, 4.69) is 17.6 Å². The normalized spacial score (nSPS) is 9.95. The lowest BCUT2D eigenvalue weighted by Crippen LogP contribution is -2.19. The summed E-state index contributed by atoms with van der Waals surface area (Å²) in [6, 6.07) is 12.8. The molecule has 2 N–H and O–H groups in total. The lowest BCUT2D eigenvalue weighted by molar-refractivity contribution is -0.384. The maximum Gasteiger partial charge on any atom is 0.323 e. The van der Waals surface area contributed by atoms with Gasteiger partial charge in [0.25, 0.3) is 5.69 Å². The number of carbonyl (C=O) groups excluding carboxylic acids is 1. The van der Waals surface area contributed by atoms with Crippen LogP contribution in [0.3, 0.4) is 0 Å². The van der Waals surface area contributed by atoms with Crippen LogP contribution >= 0.6 is 0 Å². The summed E-state index contributed by atoms with van der Waals surface area (Å²) in [5.74, 6) is 0. The van der Waals surface area contributed by atoms with Crippen molar-refractivity contribution in [3.63, 3.8) is 0 Å². The summed E-state index contributed by atoms with van der Waals surface area (Å²) in [5, 5.41) is 15.9. The van der Waals surface area contributed by atoms with Crippen molar-refractivity contribution in [1.29, 1.82) is 0 Å². The average molecular weight is 285 g/mol. The molecule has 0 spiro atoms. The van der Waals surface area contributed by atoms with Crippen LogP contribution in [0.5, 0.6) is 0 Å². The van der Waals surface area contributed by atoms with Crippen molar-refractivity contribution in [1.82, 2.24) is 0 Å². The van der Waals surface area contributed by atoms with E-state index in [1.165, 1.54) is 23.8 Å². The van der Waals surface area contributed by atoms with Crippen molar-refractivity contribution in [3.8, 4) is 0 Å². The Morgan fingerprint density at radius 3 is 2.38 bits per heavy atom. The lowest BCUT2D eigenvalue weighted by atomic mass is 10.1. The van der Waals surface area contributed by atoms with Gasteiger partial charge in [-0.25, -0.2) is 4.79 Å². The monoisotopic (exact) mass is 285 g/mol. The molecule has 0 aromatic heterocycles. The van der Waals surface area contributed by atoms with E-state index in [-0.39, 0.29) is 5.69 Å². The molecule has 21 heavy (non-hydrogen) atoms. The van der Waals surface area contributed by atoms with E-state index >= 15 is 0 Å². The molecule has 0 aliphatic carbocycles. The molecule has 2 rings (SSSR count). The Morgan fingerprint density at radius 1 is 1.10 bits per heavy atom. The van der Waals surface area contributed by atoms with E-state index in [4.69, 9.17) is 0 Å². The van der Waals surface area contributed by atoms with Crippen LogP contribution in [0.15, 0.2) is 48.5 Å². The molecule has 0 saturated heterocycles. The summed E-state index contributed by atoms with van der Waals surface area (Å²) < 4.78 is 0. The fourth-order valence-electron chi connectivity index (χ4n) is 1.81. The molecule has 108 valence electrons.